The van der Waals surface area contributed by atoms with Gasteiger partial charge in [-0.25, -0.2) is 0 Å². The molecule has 0 radical (unpaired) electrons. The van der Waals surface area contributed by atoms with Crippen LogP contribution in [-0.4, -0.2) is 0 Å². The molecule has 1 heterocycles. The molecular formula is C13H12BrClS. The summed E-state index contributed by atoms with van der Waals surface area (Å²) in [6.45, 7) is 4.17. The molecule has 3 heteroatoms. The molecule has 0 bridgehead atoms. The smallest absolute Gasteiger partial charge is 0.0928 e. The second kappa shape index (κ2) is 4.91. The second-order valence-electron chi connectivity index (χ2n) is 3.88. The Morgan fingerprint density at radius 3 is 2.31 bits per heavy atom. The maximum absolute atomic E-state index is 6.46. The molecule has 0 saturated carbocycles. The van der Waals surface area contributed by atoms with Crippen LogP contribution in [0.3, 0.4) is 0 Å². The van der Waals surface area contributed by atoms with Gasteiger partial charge in [0, 0.05) is 4.88 Å². The summed E-state index contributed by atoms with van der Waals surface area (Å²) in [5, 5.41) is -0.0457. The maximum atomic E-state index is 6.46. The fourth-order valence-electron chi connectivity index (χ4n) is 1.51. The van der Waals surface area contributed by atoms with Gasteiger partial charge in [-0.1, -0.05) is 29.8 Å². The minimum absolute atomic E-state index is 0.0457. The second-order valence-corrected chi connectivity index (χ2v) is 6.72. The Bertz CT molecular complexity index is 468. The molecule has 2 aromatic rings. The predicted octanol–water partition coefficient (Wildman–Crippen LogP) is 5.46. The van der Waals surface area contributed by atoms with Gasteiger partial charge >= 0.3 is 0 Å². The number of hydrogen-bond donors (Lipinski definition) is 0. The topological polar surface area (TPSA) is 0 Å². The van der Waals surface area contributed by atoms with E-state index in [9.17, 15) is 0 Å². The van der Waals surface area contributed by atoms with Gasteiger partial charge in [0.1, 0.15) is 0 Å². The minimum Gasteiger partial charge on any atom is -0.131 e. The minimum atomic E-state index is -0.0457. The molecule has 0 aliphatic carbocycles. The molecule has 2 rings (SSSR count). The van der Waals surface area contributed by atoms with E-state index in [0.717, 1.165) is 5.56 Å². The Morgan fingerprint density at radius 1 is 1.19 bits per heavy atom. The van der Waals surface area contributed by atoms with E-state index in [1.54, 1.807) is 11.3 Å². The van der Waals surface area contributed by atoms with Gasteiger partial charge in [0.25, 0.3) is 0 Å². The standard InChI is InChI=1S/C13H12BrClS/c1-8-3-5-10(6-4-8)12(15)11-7-9(2)13(14)16-11/h3-7,12H,1-2H3. The lowest BCUT2D eigenvalue weighted by atomic mass is 10.1. The Labute approximate surface area is 113 Å². The van der Waals surface area contributed by atoms with Crippen molar-refractivity contribution in [1.29, 1.82) is 0 Å². The molecular weight excluding hydrogens is 304 g/mol. The van der Waals surface area contributed by atoms with Gasteiger partial charge in [-0.2, -0.15) is 0 Å². The normalized spacial score (nSPS) is 12.8. The molecule has 0 saturated heterocycles. The number of aryl methyl sites for hydroxylation is 2. The average molecular weight is 316 g/mol. The number of benzene rings is 1. The van der Waals surface area contributed by atoms with Crippen molar-refractivity contribution >= 4 is 38.9 Å². The van der Waals surface area contributed by atoms with E-state index in [0.29, 0.717) is 0 Å². The fraction of sp³-hybridized carbons (Fsp3) is 0.231. The van der Waals surface area contributed by atoms with Crippen molar-refractivity contribution in [1.82, 2.24) is 0 Å². The number of thiophene rings is 1. The molecule has 1 aromatic carbocycles. The molecule has 84 valence electrons. The zero-order chi connectivity index (χ0) is 11.7. The van der Waals surface area contributed by atoms with Crippen molar-refractivity contribution in [2.45, 2.75) is 19.2 Å². The van der Waals surface area contributed by atoms with Crippen LogP contribution in [0, 0.1) is 13.8 Å². The Morgan fingerprint density at radius 2 is 1.81 bits per heavy atom. The molecule has 0 N–H and O–H groups in total. The van der Waals surface area contributed by atoms with Crippen molar-refractivity contribution in [2.75, 3.05) is 0 Å². The van der Waals surface area contributed by atoms with Crippen molar-refractivity contribution in [2.24, 2.45) is 0 Å². The van der Waals surface area contributed by atoms with Crippen molar-refractivity contribution in [3.8, 4) is 0 Å². The van der Waals surface area contributed by atoms with Crippen LogP contribution >= 0.6 is 38.9 Å². The van der Waals surface area contributed by atoms with Gasteiger partial charge < -0.3 is 0 Å². The molecule has 0 nitrogen and oxygen atoms in total. The summed E-state index contributed by atoms with van der Waals surface area (Å²) in [6, 6.07) is 10.5. The molecule has 1 aromatic heterocycles. The van der Waals surface area contributed by atoms with Gasteiger partial charge in [-0.3, -0.25) is 0 Å². The van der Waals surface area contributed by atoms with Crippen molar-refractivity contribution in [3.63, 3.8) is 0 Å². The molecule has 1 atom stereocenters. The van der Waals surface area contributed by atoms with Crippen LogP contribution in [0.5, 0.6) is 0 Å². The van der Waals surface area contributed by atoms with Crippen LogP contribution in [0.4, 0.5) is 0 Å². The van der Waals surface area contributed by atoms with Crippen LogP contribution in [0.15, 0.2) is 34.1 Å². The summed E-state index contributed by atoms with van der Waals surface area (Å²) in [6.07, 6.45) is 0. The highest BCUT2D eigenvalue weighted by Gasteiger charge is 2.14. The molecule has 0 aliphatic rings. The summed E-state index contributed by atoms with van der Waals surface area (Å²) in [5.74, 6) is 0. The van der Waals surface area contributed by atoms with Crippen molar-refractivity contribution in [3.05, 3.63) is 55.7 Å². The van der Waals surface area contributed by atoms with E-state index >= 15 is 0 Å². The first-order valence-electron chi connectivity index (χ1n) is 5.04. The third-order valence-electron chi connectivity index (χ3n) is 2.50. The quantitative estimate of drug-likeness (QED) is 0.646. The summed E-state index contributed by atoms with van der Waals surface area (Å²) < 4.78 is 1.17. The first-order chi connectivity index (χ1) is 7.58. The lowest BCUT2D eigenvalue weighted by Gasteiger charge is -2.07. The molecule has 0 spiro atoms. The number of halogens is 2. The van der Waals surface area contributed by atoms with Gasteiger partial charge in [0.05, 0.1) is 9.16 Å². The molecule has 0 aliphatic heterocycles. The first kappa shape index (κ1) is 12.2. The van der Waals surface area contributed by atoms with Crippen LogP contribution in [0.2, 0.25) is 0 Å². The third-order valence-corrected chi connectivity index (χ3v) is 5.31. The largest absolute Gasteiger partial charge is 0.131 e. The summed E-state index contributed by atoms with van der Waals surface area (Å²) in [7, 11) is 0. The van der Waals surface area contributed by atoms with E-state index < -0.39 is 0 Å². The fourth-order valence-corrected chi connectivity index (χ4v) is 3.43. The number of hydrogen-bond acceptors (Lipinski definition) is 1. The van der Waals surface area contributed by atoms with E-state index in [1.165, 1.54) is 19.8 Å². The number of alkyl halides is 1. The molecule has 0 fully saturated rings. The van der Waals surface area contributed by atoms with Crippen LogP contribution in [0.25, 0.3) is 0 Å². The van der Waals surface area contributed by atoms with Gasteiger partial charge in [0.2, 0.25) is 0 Å². The highest BCUT2D eigenvalue weighted by molar-refractivity contribution is 9.11. The zero-order valence-electron chi connectivity index (χ0n) is 9.13. The number of rotatable bonds is 2. The maximum Gasteiger partial charge on any atom is 0.0928 e. The molecule has 0 amide bonds. The summed E-state index contributed by atoms with van der Waals surface area (Å²) in [5.41, 5.74) is 3.66. The highest BCUT2D eigenvalue weighted by Crippen LogP contribution is 2.37. The van der Waals surface area contributed by atoms with E-state index in [2.05, 4.69) is 60.1 Å². The SMILES string of the molecule is Cc1ccc(C(Cl)c2cc(C)c(Br)s2)cc1. The lowest BCUT2D eigenvalue weighted by molar-refractivity contribution is 1.17. The summed E-state index contributed by atoms with van der Waals surface area (Å²) >= 11 is 11.7. The van der Waals surface area contributed by atoms with Crippen molar-refractivity contribution < 1.29 is 0 Å². The molecule has 1 unspecified atom stereocenters. The first-order valence-corrected chi connectivity index (χ1v) is 7.09. The van der Waals surface area contributed by atoms with Crippen LogP contribution in [0.1, 0.15) is 26.9 Å². The van der Waals surface area contributed by atoms with Gasteiger partial charge in [0.15, 0.2) is 0 Å². The average Bonchev–Trinajstić information content (AvgIpc) is 2.59. The zero-order valence-corrected chi connectivity index (χ0v) is 12.3. The Kier molecular flexibility index (Phi) is 3.73. The Hall–Kier alpha value is -0.310. The van der Waals surface area contributed by atoms with Crippen LogP contribution < -0.4 is 0 Å². The van der Waals surface area contributed by atoms with Gasteiger partial charge in [-0.15, -0.1) is 22.9 Å². The Balaban J connectivity index is 2.31. The van der Waals surface area contributed by atoms with E-state index in [-0.39, 0.29) is 5.38 Å². The monoisotopic (exact) mass is 314 g/mol. The van der Waals surface area contributed by atoms with E-state index in [4.69, 9.17) is 11.6 Å². The lowest BCUT2D eigenvalue weighted by Crippen LogP contribution is -1.89. The predicted molar refractivity (Wildman–Crippen MR) is 75.6 cm³/mol. The highest BCUT2D eigenvalue weighted by atomic mass is 79.9. The van der Waals surface area contributed by atoms with Gasteiger partial charge in [-0.05, 0) is 47.0 Å². The third kappa shape index (κ3) is 2.50. The molecule has 16 heavy (non-hydrogen) atoms. The van der Waals surface area contributed by atoms with E-state index in [1.807, 2.05) is 0 Å². The summed E-state index contributed by atoms with van der Waals surface area (Å²) in [4.78, 5) is 1.19. The van der Waals surface area contributed by atoms with Crippen LogP contribution in [-0.2, 0) is 0 Å².